The first-order valence-corrected chi connectivity index (χ1v) is 9.37. The molecule has 1 amide bonds. The molecule has 0 fully saturated rings. The Kier molecular flexibility index (Phi) is 6.72. The first-order chi connectivity index (χ1) is 14.3. The van der Waals surface area contributed by atoms with Gasteiger partial charge in [-0.15, -0.1) is 0 Å². The molecule has 7 heteroatoms. The minimum atomic E-state index is -4.98. The van der Waals surface area contributed by atoms with Gasteiger partial charge in [0.2, 0.25) is 0 Å². The van der Waals surface area contributed by atoms with Gasteiger partial charge in [-0.3, -0.25) is 9.59 Å². The van der Waals surface area contributed by atoms with Crippen molar-refractivity contribution in [2.24, 2.45) is 0 Å². The summed E-state index contributed by atoms with van der Waals surface area (Å²) in [6, 6.07) is 14.4. The van der Waals surface area contributed by atoms with Gasteiger partial charge in [0.1, 0.15) is 12.4 Å². The molecule has 0 spiro atoms. The van der Waals surface area contributed by atoms with Gasteiger partial charge >= 0.3 is 12.1 Å². The fourth-order valence-corrected chi connectivity index (χ4v) is 3.01. The lowest BCUT2D eigenvalue weighted by atomic mass is 10.0. The Hall–Kier alpha value is -3.35. The number of ketones is 1. The summed E-state index contributed by atoms with van der Waals surface area (Å²) in [5.41, 5.74) is 1.95. The lowest BCUT2D eigenvalue weighted by Crippen LogP contribution is -2.41. The van der Waals surface area contributed by atoms with E-state index in [4.69, 9.17) is 4.74 Å². The van der Waals surface area contributed by atoms with Crippen LogP contribution in [0, 0.1) is 0 Å². The maximum atomic E-state index is 13.1. The number of fused-ring (bicyclic) bond motifs is 1. The zero-order valence-corrected chi connectivity index (χ0v) is 16.1. The van der Waals surface area contributed by atoms with Crippen LogP contribution >= 0.6 is 0 Å². The number of carbonyl (C=O) groups excluding carboxylic acids is 2. The predicted octanol–water partition coefficient (Wildman–Crippen LogP) is 4.70. The van der Waals surface area contributed by atoms with Crippen LogP contribution in [0.15, 0.2) is 66.8 Å². The molecule has 0 N–H and O–H groups in total. The van der Waals surface area contributed by atoms with Crippen LogP contribution in [0.25, 0.3) is 6.08 Å². The monoisotopic (exact) mass is 415 g/mol. The van der Waals surface area contributed by atoms with Crippen LogP contribution in [0.4, 0.5) is 13.2 Å². The lowest BCUT2D eigenvalue weighted by Gasteiger charge is -2.24. The van der Waals surface area contributed by atoms with Crippen molar-refractivity contribution in [3.05, 3.63) is 83.4 Å². The van der Waals surface area contributed by atoms with Crippen molar-refractivity contribution in [1.82, 2.24) is 4.90 Å². The van der Waals surface area contributed by atoms with Crippen molar-refractivity contribution in [3.8, 4) is 5.75 Å². The molecular formula is C23H20F3NO3. The minimum Gasteiger partial charge on any atom is -0.489 e. The first kappa shape index (κ1) is 21.4. The summed E-state index contributed by atoms with van der Waals surface area (Å²) in [5.74, 6) is -1.72. The molecule has 0 atom stereocenters. The van der Waals surface area contributed by atoms with Crippen LogP contribution in [0.3, 0.4) is 0 Å². The summed E-state index contributed by atoms with van der Waals surface area (Å²) in [7, 11) is 0. The highest BCUT2D eigenvalue weighted by Gasteiger charge is 2.42. The van der Waals surface area contributed by atoms with Crippen LogP contribution in [-0.4, -0.2) is 29.3 Å². The number of rotatable bonds is 3. The highest BCUT2D eigenvalue weighted by molar-refractivity contribution is 6.02. The summed E-state index contributed by atoms with van der Waals surface area (Å²) in [4.78, 5) is 24.5. The number of allylic oxidation sites excluding steroid dienone is 2. The number of nitrogens with zero attached hydrogens (tertiary/aromatic N) is 1. The molecule has 0 aliphatic carbocycles. The number of halogens is 3. The Balaban J connectivity index is 1.90. The molecule has 0 aromatic heterocycles. The van der Waals surface area contributed by atoms with E-state index in [0.717, 1.165) is 10.5 Å². The number of hydrogen-bond acceptors (Lipinski definition) is 3. The Morgan fingerprint density at radius 2 is 1.80 bits per heavy atom. The van der Waals surface area contributed by atoms with Crippen LogP contribution in [-0.2, 0) is 22.7 Å². The van der Waals surface area contributed by atoms with Gasteiger partial charge in [0.15, 0.2) is 5.78 Å². The van der Waals surface area contributed by atoms with Crippen LogP contribution in [0.5, 0.6) is 5.75 Å². The highest BCUT2D eigenvalue weighted by Crippen LogP contribution is 2.25. The average Bonchev–Trinajstić information content (AvgIpc) is 2.76. The van der Waals surface area contributed by atoms with Crippen LogP contribution in [0.1, 0.15) is 23.1 Å². The molecule has 0 bridgehead atoms. The number of carbonyl (C=O) groups is 2. The molecule has 1 aliphatic heterocycles. The van der Waals surface area contributed by atoms with Crippen molar-refractivity contribution < 1.29 is 27.5 Å². The second-order valence-corrected chi connectivity index (χ2v) is 6.79. The van der Waals surface area contributed by atoms with Gasteiger partial charge in [-0.2, -0.15) is 13.2 Å². The van der Waals surface area contributed by atoms with Gasteiger partial charge in [0.05, 0.1) is 0 Å². The summed E-state index contributed by atoms with van der Waals surface area (Å²) >= 11 is 0. The molecule has 1 heterocycles. The van der Waals surface area contributed by atoms with E-state index >= 15 is 0 Å². The Morgan fingerprint density at radius 1 is 1.03 bits per heavy atom. The van der Waals surface area contributed by atoms with Gasteiger partial charge in [-0.25, -0.2) is 0 Å². The van der Waals surface area contributed by atoms with Gasteiger partial charge < -0.3 is 9.64 Å². The van der Waals surface area contributed by atoms with Crippen LogP contribution in [0.2, 0.25) is 0 Å². The summed E-state index contributed by atoms with van der Waals surface area (Å²) in [6.45, 7) is -0.109. The molecule has 2 aromatic carbocycles. The zero-order valence-electron chi connectivity index (χ0n) is 16.1. The van der Waals surface area contributed by atoms with Gasteiger partial charge in [0.25, 0.3) is 0 Å². The molecule has 0 unspecified atom stereocenters. The molecule has 3 rings (SSSR count). The molecule has 4 nitrogen and oxygen atoms in total. The Bertz CT molecular complexity index is 965. The van der Waals surface area contributed by atoms with Gasteiger partial charge in [0, 0.05) is 13.1 Å². The van der Waals surface area contributed by atoms with E-state index in [0.29, 0.717) is 23.5 Å². The third kappa shape index (κ3) is 5.83. The van der Waals surface area contributed by atoms with Crippen molar-refractivity contribution >= 4 is 17.8 Å². The second-order valence-electron chi connectivity index (χ2n) is 6.79. The average molecular weight is 415 g/mol. The third-order valence-electron chi connectivity index (χ3n) is 4.53. The molecular weight excluding hydrogens is 395 g/mol. The maximum Gasteiger partial charge on any atom is 0.471 e. The lowest BCUT2D eigenvalue weighted by molar-refractivity contribution is -0.186. The number of hydrogen-bond donors (Lipinski definition) is 0. The fourth-order valence-electron chi connectivity index (χ4n) is 3.01. The summed E-state index contributed by atoms with van der Waals surface area (Å²) in [5, 5.41) is 0. The number of alkyl halides is 3. The van der Waals surface area contributed by atoms with Crippen molar-refractivity contribution in [2.45, 2.75) is 25.7 Å². The normalized spacial score (nSPS) is 16.9. The quantitative estimate of drug-likeness (QED) is 0.730. The summed E-state index contributed by atoms with van der Waals surface area (Å²) in [6.07, 6.45) is 0.798. The third-order valence-corrected chi connectivity index (χ3v) is 4.53. The molecule has 30 heavy (non-hydrogen) atoms. The van der Waals surface area contributed by atoms with E-state index in [9.17, 15) is 22.8 Å². The predicted molar refractivity (Wildman–Crippen MR) is 106 cm³/mol. The fraction of sp³-hybridized carbons (Fsp3) is 0.217. The van der Waals surface area contributed by atoms with E-state index in [1.165, 1.54) is 24.3 Å². The van der Waals surface area contributed by atoms with Crippen LogP contribution < -0.4 is 4.74 Å². The largest absolute Gasteiger partial charge is 0.489 e. The minimum absolute atomic E-state index is 0.140. The van der Waals surface area contributed by atoms with E-state index in [1.807, 2.05) is 30.3 Å². The SMILES string of the molecule is O=C1/C=C\CCN(C(=O)C(F)(F)F)Cc2cc(OCc3ccccc3)ccc2/C=C\1. The van der Waals surface area contributed by atoms with Crippen molar-refractivity contribution in [3.63, 3.8) is 0 Å². The zero-order chi connectivity index (χ0) is 21.6. The molecule has 156 valence electrons. The van der Waals surface area contributed by atoms with Crippen molar-refractivity contribution in [2.75, 3.05) is 6.54 Å². The van der Waals surface area contributed by atoms with Crippen molar-refractivity contribution in [1.29, 1.82) is 0 Å². The number of ether oxygens (including phenoxy) is 1. The highest BCUT2D eigenvalue weighted by atomic mass is 19.4. The van der Waals surface area contributed by atoms with Gasteiger partial charge in [-0.05, 0) is 47.4 Å². The standard InChI is InChI=1S/C23H20F3NO3/c24-23(25,26)22(29)27-13-5-4-8-20(28)11-9-18-10-12-21(14-19(18)15-27)30-16-17-6-2-1-3-7-17/h1-4,6-12,14H,5,13,15-16H2/b8-4-,11-9-. The van der Waals surface area contributed by atoms with E-state index in [-0.39, 0.29) is 25.3 Å². The van der Waals surface area contributed by atoms with E-state index < -0.39 is 12.1 Å². The topological polar surface area (TPSA) is 46.6 Å². The van der Waals surface area contributed by atoms with Gasteiger partial charge in [-0.1, -0.05) is 48.6 Å². The molecule has 1 aliphatic rings. The van der Waals surface area contributed by atoms with E-state index in [1.54, 1.807) is 18.2 Å². The molecule has 0 saturated carbocycles. The smallest absolute Gasteiger partial charge is 0.471 e. The number of benzene rings is 2. The number of amides is 1. The molecule has 2 aromatic rings. The maximum absolute atomic E-state index is 13.1. The Morgan fingerprint density at radius 3 is 2.53 bits per heavy atom. The first-order valence-electron chi connectivity index (χ1n) is 9.37. The van der Waals surface area contributed by atoms with E-state index in [2.05, 4.69) is 0 Å². The second kappa shape index (κ2) is 9.43. The molecule has 0 saturated heterocycles. The molecule has 0 radical (unpaired) electrons. The summed E-state index contributed by atoms with van der Waals surface area (Å²) < 4.78 is 44.9. The Labute approximate surface area is 172 Å².